The lowest BCUT2D eigenvalue weighted by atomic mass is 10.4. The van der Waals surface area contributed by atoms with Crippen LogP contribution in [0.25, 0.3) is 0 Å². The van der Waals surface area contributed by atoms with Crippen molar-refractivity contribution in [2.75, 3.05) is 5.32 Å². The lowest BCUT2D eigenvalue weighted by Gasteiger charge is -2.02. The van der Waals surface area contributed by atoms with Crippen molar-refractivity contribution in [2.45, 2.75) is 6.92 Å². The zero-order chi connectivity index (χ0) is 10.7. The summed E-state index contributed by atoms with van der Waals surface area (Å²) >= 11 is 0. The molecule has 0 aliphatic carbocycles. The van der Waals surface area contributed by atoms with Gasteiger partial charge in [-0.25, -0.2) is 0 Å². The van der Waals surface area contributed by atoms with E-state index < -0.39 is 0 Å². The van der Waals surface area contributed by atoms with E-state index >= 15 is 0 Å². The van der Waals surface area contributed by atoms with Gasteiger partial charge >= 0.3 is 0 Å². The Balaban J connectivity index is 2.26. The van der Waals surface area contributed by atoms with E-state index in [1.807, 2.05) is 6.07 Å². The van der Waals surface area contributed by atoms with E-state index in [0.29, 0.717) is 11.6 Å². The molecule has 0 atom stereocenters. The first-order valence-electron chi connectivity index (χ1n) is 4.36. The predicted molar refractivity (Wildman–Crippen MR) is 54.9 cm³/mol. The quantitative estimate of drug-likeness (QED) is 0.747. The molecule has 0 spiro atoms. The van der Waals surface area contributed by atoms with Crippen LogP contribution in [0, 0.1) is 6.92 Å². The molecule has 0 saturated carbocycles. The molecule has 2 rings (SSSR count). The predicted octanol–water partition coefficient (Wildman–Crippen LogP) is 0.612. The van der Waals surface area contributed by atoms with Crippen molar-refractivity contribution in [3.8, 4) is 0 Å². The van der Waals surface area contributed by atoms with Crippen molar-refractivity contribution in [2.24, 2.45) is 0 Å². The Kier molecular flexibility index (Phi) is 2.40. The molecule has 2 aromatic rings. The van der Waals surface area contributed by atoms with Crippen molar-refractivity contribution >= 4 is 11.6 Å². The van der Waals surface area contributed by atoms with Crippen molar-refractivity contribution in [3.05, 3.63) is 40.6 Å². The van der Waals surface area contributed by atoms with E-state index in [0.717, 1.165) is 5.69 Å². The third-order valence-corrected chi connectivity index (χ3v) is 1.78. The van der Waals surface area contributed by atoms with E-state index in [9.17, 15) is 4.79 Å². The normalized spacial score (nSPS) is 9.93. The van der Waals surface area contributed by atoms with E-state index in [1.54, 1.807) is 25.4 Å². The molecule has 2 aromatic heterocycles. The van der Waals surface area contributed by atoms with E-state index in [2.05, 4.69) is 25.5 Å². The molecule has 6 nitrogen and oxygen atoms in total. The number of nitrogens with zero attached hydrogens (tertiary/aromatic N) is 3. The second-order valence-corrected chi connectivity index (χ2v) is 2.95. The van der Waals surface area contributed by atoms with Gasteiger partial charge in [-0.1, -0.05) is 0 Å². The summed E-state index contributed by atoms with van der Waals surface area (Å²) in [5, 5.41) is 10.4. The van der Waals surface area contributed by atoms with Crippen molar-refractivity contribution in [1.82, 2.24) is 20.2 Å². The van der Waals surface area contributed by atoms with Gasteiger partial charge in [-0.05, 0) is 19.1 Å². The number of aromatic amines is 1. The summed E-state index contributed by atoms with van der Waals surface area (Å²) < 4.78 is 0. The number of H-pyrrole nitrogens is 1. The molecule has 6 heteroatoms. The molecule has 0 unspecified atom stereocenters. The molecule has 15 heavy (non-hydrogen) atoms. The van der Waals surface area contributed by atoms with Gasteiger partial charge in [-0.15, -0.1) is 10.2 Å². The van der Waals surface area contributed by atoms with Gasteiger partial charge in [-0.3, -0.25) is 14.8 Å². The Bertz CT molecular complexity index is 507. The Morgan fingerprint density at radius 3 is 2.93 bits per heavy atom. The van der Waals surface area contributed by atoms with Crippen LogP contribution in [-0.2, 0) is 0 Å². The number of nitrogens with one attached hydrogen (secondary N) is 2. The number of hydrogen-bond acceptors (Lipinski definition) is 5. The molecule has 0 aliphatic rings. The van der Waals surface area contributed by atoms with Gasteiger partial charge in [0.15, 0.2) is 0 Å². The zero-order valence-corrected chi connectivity index (χ0v) is 8.06. The Hall–Kier alpha value is -2.24. The fourth-order valence-corrected chi connectivity index (χ4v) is 1.02. The SMILES string of the molecule is Cc1nnc(Nc2cccnc2)[nH]c1=O. The third kappa shape index (κ3) is 2.16. The van der Waals surface area contributed by atoms with Gasteiger partial charge in [0, 0.05) is 6.20 Å². The Morgan fingerprint density at radius 1 is 1.40 bits per heavy atom. The van der Waals surface area contributed by atoms with Crippen molar-refractivity contribution < 1.29 is 0 Å². The van der Waals surface area contributed by atoms with Gasteiger partial charge in [0.25, 0.3) is 5.56 Å². The van der Waals surface area contributed by atoms with Gasteiger partial charge < -0.3 is 5.32 Å². The van der Waals surface area contributed by atoms with Crippen LogP contribution < -0.4 is 10.9 Å². The van der Waals surface area contributed by atoms with Crippen LogP contribution in [0.2, 0.25) is 0 Å². The summed E-state index contributed by atoms with van der Waals surface area (Å²) in [6.07, 6.45) is 3.29. The molecule has 0 fully saturated rings. The molecule has 0 aromatic carbocycles. The molecule has 0 saturated heterocycles. The third-order valence-electron chi connectivity index (χ3n) is 1.78. The fraction of sp³-hybridized carbons (Fsp3) is 0.111. The van der Waals surface area contributed by atoms with Crippen LogP contribution in [0.15, 0.2) is 29.3 Å². The second kappa shape index (κ2) is 3.87. The highest BCUT2D eigenvalue weighted by atomic mass is 16.1. The number of aryl methyl sites for hydroxylation is 1. The topological polar surface area (TPSA) is 83.6 Å². The largest absolute Gasteiger partial charge is 0.323 e. The Morgan fingerprint density at radius 2 is 2.27 bits per heavy atom. The Labute approximate surface area is 85.4 Å². The molecule has 2 N–H and O–H groups in total. The number of hydrogen-bond donors (Lipinski definition) is 2. The molecule has 0 radical (unpaired) electrons. The monoisotopic (exact) mass is 203 g/mol. The summed E-state index contributed by atoms with van der Waals surface area (Å²) in [4.78, 5) is 17.7. The molecule has 2 heterocycles. The lowest BCUT2D eigenvalue weighted by molar-refractivity contribution is 0.908. The molecule has 0 aliphatic heterocycles. The highest BCUT2D eigenvalue weighted by Gasteiger charge is 1.99. The molecule has 0 bridgehead atoms. The minimum Gasteiger partial charge on any atom is -0.323 e. The van der Waals surface area contributed by atoms with Crippen LogP contribution >= 0.6 is 0 Å². The molecule has 76 valence electrons. The number of anilines is 2. The van der Waals surface area contributed by atoms with Gasteiger partial charge in [-0.2, -0.15) is 0 Å². The van der Waals surface area contributed by atoms with E-state index in [-0.39, 0.29) is 5.56 Å². The first-order valence-corrected chi connectivity index (χ1v) is 4.36. The van der Waals surface area contributed by atoms with Crippen molar-refractivity contribution in [3.63, 3.8) is 0 Å². The summed E-state index contributed by atoms with van der Waals surface area (Å²) in [5.74, 6) is 0.304. The smallest absolute Gasteiger partial charge is 0.273 e. The minimum atomic E-state index is -0.253. The van der Waals surface area contributed by atoms with Gasteiger partial charge in [0.2, 0.25) is 5.95 Å². The van der Waals surface area contributed by atoms with Crippen LogP contribution in [-0.4, -0.2) is 20.2 Å². The van der Waals surface area contributed by atoms with Crippen LogP contribution in [0.3, 0.4) is 0 Å². The molecular formula is C9H9N5O. The minimum absolute atomic E-state index is 0.253. The summed E-state index contributed by atoms with van der Waals surface area (Å²) in [6, 6.07) is 3.59. The average Bonchev–Trinajstić information content (AvgIpc) is 2.25. The van der Waals surface area contributed by atoms with Crippen LogP contribution in [0.1, 0.15) is 5.69 Å². The maximum Gasteiger partial charge on any atom is 0.273 e. The molecule has 0 amide bonds. The van der Waals surface area contributed by atoms with Gasteiger partial charge in [0.1, 0.15) is 5.69 Å². The highest BCUT2D eigenvalue weighted by Crippen LogP contribution is 2.07. The molecular weight excluding hydrogens is 194 g/mol. The van der Waals surface area contributed by atoms with Crippen molar-refractivity contribution in [1.29, 1.82) is 0 Å². The summed E-state index contributed by atoms with van der Waals surface area (Å²) in [5.41, 5.74) is 0.828. The van der Waals surface area contributed by atoms with E-state index in [1.165, 1.54) is 0 Å². The van der Waals surface area contributed by atoms with E-state index in [4.69, 9.17) is 0 Å². The number of aromatic nitrogens is 4. The highest BCUT2D eigenvalue weighted by molar-refractivity contribution is 5.50. The standard InChI is InChI=1S/C9H9N5O/c1-6-8(15)12-9(14-13-6)11-7-3-2-4-10-5-7/h2-5H,1H3,(H2,11,12,14,15). The lowest BCUT2D eigenvalue weighted by Crippen LogP contribution is -2.15. The first-order chi connectivity index (χ1) is 7.25. The summed E-state index contributed by atoms with van der Waals surface area (Å²) in [6.45, 7) is 1.60. The maximum absolute atomic E-state index is 11.2. The second-order valence-electron chi connectivity index (χ2n) is 2.95. The van der Waals surface area contributed by atoms with Crippen LogP contribution in [0.5, 0.6) is 0 Å². The fourth-order valence-electron chi connectivity index (χ4n) is 1.02. The van der Waals surface area contributed by atoms with Gasteiger partial charge in [0.05, 0.1) is 11.9 Å². The maximum atomic E-state index is 11.2. The number of pyridine rings is 1. The average molecular weight is 203 g/mol. The zero-order valence-electron chi connectivity index (χ0n) is 8.06. The van der Waals surface area contributed by atoms with Crippen LogP contribution in [0.4, 0.5) is 11.6 Å². The summed E-state index contributed by atoms with van der Waals surface area (Å²) in [7, 11) is 0. The first kappa shape index (κ1) is 9.32. The number of rotatable bonds is 2.